The molecule has 0 bridgehead atoms. The summed E-state index contributed by atoms with van der Waals surface area (Å²) in [5.41, 5.74) is 0. The first kappa shape index (κ1) is 15.1. The van der Waals surface area contributed by atoms with Crippen LogP contribution in [0.1, 0.15) is 44.9 Å². The molecule has 2 amide bonds. The third-order valence-corrected chi connectivity index (χ3v) is 4.44. The van der Waals surface area contributed by atoms with Gasteiger partial charge < -0.3 is 20.4 Å². The monoisotopic (exact) mass is 284 g/mol. The van der Waals surface area contributed by atoms with Crippen LogP contribution in [-0.2, 0) is 4.79 Å². The second-order valence-corrected chi connectivity index (χ2v) is 5.85. The summed E-state index contributed by atoms with van der Waals surface area (Å²) in [6.45, 7) is 0.923. The first-order chi connectivity index (χ1) is 9.61. The third kappa shape index (κ3) is 3.62. The van der Waals surface area contributed by atoms with Gasteiger partial charge in [0.1, 0.15) is 0 Å². The smallest absolute Gasteiger partial charge is 0.317 e. The van der Waals surface area contributed by atoms with E-state index in [4.69, 9.17) is 10.2 Å². The zero-order chi connectivity index (χ0) is 14.5. The number of aliphatic hydroxyl groups is 1. The number of aliphatic carboxylic acids is 1. The molecule has 6 nitrogen and oxygen atoms in total. The molecule has 3 N–H and O–H groups in total. The van der Waals surface area contributed by atoms with Gasteiger partial charge in [-0.25, -0.2) is 4.79 Å². The molecular formula is C14H24N2O4. The van der Waals surface area contributed by atoms with Gasteiger partial charge in [-0.3, -0.25) is 4.79 Å². The van der Waals surface area contributed by atoms with Crippen LogP contribution in [0.15, 0.2) is 0 Å². The average Bonchev–Trinajstić information content (AvgIpc) is 3.04. The zero-order valence-electron chi connectivity index (χ0n) is 11.8. The topological polar surface area (TPSA) is 89.9 Å². The number of carboxylic acids is 1. The molecule has 2 rings (SSSR count). The molecule has 3 atom stereocenters. The van der Waals surface area contributed by atoms with Gasteiger partial charge in [0, 0.05) is 25.2 Å². The lowest BCUT2D eigenvalue weighted by atomic mass is 10.1. The van der Waals surface area contributed by atoms with E-state index in [1.807, 2.05) is 4.90 Å². The molecule has 0 aromatic carbocycles. The number of likely N-dealkylation sites (tertiary alicyclic amines) is 1. The second-order valence-electron chi connectivity index (χ2n) is 5.85. The Morgan fingerprint density at radius 3 is 2.70 bits per heavy atom. The average molecular weight is 284 g/mol. The van der Waals surface area contributed by atoms with Gasteiger partial charge >= 0.3 is 12.0 Å². The minimum atomic E-state index is -0.760. The fourth-order valence-corrected chi connectivity index (χ4v) is 3.32. The van der Waals surface area contributed by atoms with Crippen molar-refractivity contribution >= 4 is 12.0 Å². The summed E-state index contributed by atoms with van der Waals surface area (Å²) in [5, 5.41) is 20.8. The summed E-state index contributed by atoms with van der Waals surface area (Å²) >= 11 is 0. The van der Waals surface area contributed by atoms with Crippen molar-refractivity contribution in [1.82, 2.24) is 10.2 Å². The maximum atomic E-state index is 12.3. The summed E-state index contributed by atoms with van der Waals surface area (Å²) in [4.78, 5) is 25.0. The van der Waals surface area contributed by atoms with Gasteiger partial charge in [0.15, 0.2) is 0 Å². The highest BCUT2D eigenvalue weighted by Gasteiger charge is 2.33. The molecule has 0 radical (unpaired) electrons. The standard InChI is InChI=1S/C14H24N2O4/c17-8-2-4-12-3-1-7-16(12)14(20)15-11-6-5-10(9-11)13(18)19/h10-12,17H,1-9H2,(H,15,20)(H,18,19)/t10-,11+,12?/m1/s1. The number of amides is 2. The molecule has 0 aromatic heterocycles. The minimum Gasteiger partial charge on any atom is -0.481 e. The molecule has 0 spiro atoms. The van der Waals surface area contributed by atoms with E-state index in [0.717, 1.165) is 38.6 Å². The molecule has 114 valence electrons. The summed E-state index contributed by atoms with van der Waals surface area (Å²) in [7, 11) is 0. The van der Waals surface area contributed by atoms with Crippen molar-refractivity contribution in [1.29, 1.82) is 0 Å². The van der Waals surface area contributed by atoms with Gasteiger partial charge in [0.25, 0.3) is 0 Å². The van der Waals surface area contributed by atoms with Gasteiger partial charge in [-0.1, -0.05) is 0 Å². The van der Waals surface area contributed by atoms with Crippen LogP contribution in [0.3, 0.4) is 0 Å². The first-order valence-electron chi connectivity index (χ1n) is 7.52. The Hall–Kier alpha value is -1.30. The van der Waals surface area contributed by atoms with E-state index < -0.39 is 5.97 Å². The van der Waals surface area contributed by atoms with Crippen molar-refractivity contribution in [3.05, 3.63) is 0 Å². The van der Waals surface area contributed by atoms with E-state index in [0.29, 0.717) is 12.8 Å². The molecule has 1 saturated carbocycles. The van der Waals surface area contributed by atoms with Crippen LogP contribution < -0.4 is 5.32 Å². The molecule has 1 saturated heterocycles. The maximum absolute atomic E-state index is 12.3. The molecular weight excluding hydrogens is 260 g/mol. The second kappa shape index (κ2) is 6.92. The summed E-state index contributed by atoms with van der Waals surface area (Å²) in [5.74, 6) is -1.08. The van der Waals surface area contributed by atoms with Crippen LogP contribution in [0, 0.1) is 5.92 Å². The van der Waals surface area contributed by atoms with Crippen molar-refractivity contribution in [2.75, 3.05) is 13.2 Å². The van der Waals surface area contributed by atoms with Crippen molar-refractivity contribution in [2.45, 2.75) is 57.0 Å². The quantitative estimate of drug-likeness (QED) is 0.707. The first-order valence-corrected chi connectivity index (χ1v) is 7.52. The Morgan fingerprint density at radius 1 is 1.25 bits per heavy atom. The van der Waals surface area contributed by atoms with Gasteiger partial charge in [0.05, 0.1) is 5.92 Å². The normalized spacial score (nSPS) is 29.6. The van der Waals surface area contributed by atoms with Crippen molar-refractivity contribution in [2.24, 2.45) is 5.92 Å². The van der Waals surface area contributed by atoms with Crippen molar-refractivity contribution in [3.63, 3.8) is 0 Å². The predicted molar refractivity (Wildman–Crippen MR) is 73.3 cm³/mol. The fraction of sp³-hybridized carbons (Fsp3) is 0.857. The van der Waals surface area contributed by atoms with Gasteiger partial charge in [-0.15, -0.1) is 0 Å². The number of hydrogen-bond acceptors (Lipinski definition) is 3. The molecule has 2 fully saturated rings. The Labute approximate surface area is 119 Å². The van der Waals surface area contributed by atoms with Crippen LogP contribution in [0.4, 0.5) is 4.79 Å². The van der Waals surface area contributed by atoms with E-state index in [1.54, 1.807) is 0 Å². The van der Waals surface area contributed by atoms with Gasteiger partial charge in [-0.2, -0.15) is 0 Å². The van der Waals surface area contributed by atoms with Gasteiger partial charge in [0.2, 0.25) is 0 Å². The number of urea groups is 1. The van der Waals surface area contributed by atoms with Crippen molar-refractivity contribution in [3.8, 4) is 0 Å². The number of carboxylic acid groups (broad SMARTS) is 1. The molecule has 6 heteroatoms. The van der Waals surface area contributed by atoms with E-state index in [9.17, 15) is 9.59 Å². The number of hydrogen-bond donors (Lipinski definition) is 3. The van der Waals surface area contributed by atoms with Crippen molar-refractivity contribution < 1.29 is 19.8 Å². The number of rotatable bonds is 5. The Morgan fingerprint density at radius 2 is 2.05 bits per heavy atom. The molecule has 0 aromatic rings. The zero-order valence-corrected chi connectivity index (χ0v) is 11.8. The number of nitrogens with zero attached hydrogens (tertiary/aromatic N) is 1. The minimum absolute atomic E-state index is 0.0114. The number of aliphatic hydroxyl groups excluding tert-OH is 1. The number of carbonyl (C=O) groups is 2. The highest BCUT2D eigenvalue weighted by Crippen LogP contribution is 2.27. The SMILES string of the molecule is O=C(O)[C@@H]1CC[C@H](NC(=O)N2CCCC2CCCO)C1. The van der Waals surface area contributed by atoms with Crippen LogP contribution in [0.25, 0.3) is 0 Å². The Bertz CT molecular complexity index is 361. The van der Waals surface area contributed by atoms with E-state index in [1.165, 1.54) is 0 Å². The third-order valence-electron chi connectivity index (χ3n) is 4.44. The predicted octanol–water partition coefficient (Wildman–Crippen LogP) is 1.19. The van der Waals surface area contributed by atoms with E-state index >= 15 is 0 Å². The van der Waals surface area contributed by atoms with E-state index in [-0.39, 0.29) is 30.6 Å². The molecule has 1 aliphatic carbocycles. The fourth-order valence-electron chi connectivity index (χ4n) is 3.32. The molecule has 1 unspecified atom stereocenters. The summed E-state index contributed by atoms with van der Waals surface area (Å²) in [6.07, 6.45) is 5.50. The van der Waals surface area contributed by atoms with E-state index in [2.05, 4.69) is 5.32 Å². The van der Waals surface area contributed by atoms with Gasteiger partial charge in [-0.05, 0) is 44.9 Å². The largest absolute Gasteiger partial charge is 0.481 e. The van der Waals surface area contributed by atoms with Crippen LogP contribution in [-0.4, -0.2) is 52.3 Å². The molecule has 20 heavy (non-hydrogen) atoms. The summed E-state index contributed by atoms with van der Waals surface area (Å²) in [6, 6.07) is 0.142. The number of carbonyl (C=O) groups excluding carboxylic acids is 1. The lowest BCUT2D eigenvalue weighted by Crippen LogP contribution is -2.46. The maximum Gasteiger partial charge on any atom is 0.317 e. The summed E-state index contributed by atoms with van der Waals surface area (Å²) < 4.78 is 0. The lowest BCUT2D eigenvalue weighted by Gasteiger charge is -2.26. The van der Waals surface area contributed by atoms with Crippen LogP contribution in [0.5, 0.6) is 0 Å². The molecule has 1 heterocycles. The molecule has 2 aliphatic rings. The van der Waals surface area contributed by atoms with Crippen LogP contribution in [0.2, 0.25) is 0 Å². The Balaban J connectivity index is 1.81. The number of nitrogens with one attached hydrogen (secondary N) is 1. The highest BCUT2D eigenvalue weighted by atomic mass is 16.4. The highest BCUT2D eigenvalue weighted by molar-refractivity contribution is 5.76. The Kier molecular flexibility index (Phi) is 5.23. The van der Waals surface area contributed by atoms with Crippen LogP contribution >= 0.6 is 0 Å². The lowest BCUT2D eigenvalue weighted by molar-refractivity contribution is -0.141. The molecule has 1 aliphatic heterocycles.